The van der Waals surface area contributed by atoms with Crippen LogP contribution in [0.4, 0.5) is 16.2 Å². The number of para-hydroxylation sites is 1. The molecule has 2 N–H and O–H groups in total. The highest BCUT2D eigenvalue weighted by molar-refractivity contribution is 6.07. The Labute approximate surface area is 195 Å². The van der Waals surface area contributed by atoms with Crippen molar-refractivity contribution in [3.8, 4) is 11.5 Å². The number of urea groups is 1. The third-order valence-electron chi connectivity index (χ3n) is 6.45. The zero-order chi connectivity index (χ0) is 23.4. The van der Waals surface area contributed by atoms with E-state index in [-0.39, 0.29) is 6.03 Å². The Hall–Kier alpha value is -3.25. The molecule has 0 radical (unpaired) electrons. The number of aryl methyl sites for hydroxylation is 2. The maximum absolute atomic E-state index is 12.8. The second-order valence-corrected chi connectivity index (χ2v) is 8.93. The normalized spacial score (nSPS) is 14.8. The molecule has 1 fully saturated rings. The van der Waals surface area contributed by atoms with Crippen LogP contribution in [0.15, 0.2) is 48.5 Å². The minimum absolute atomic E-state index is 0.276. The highest BCUT2D eigenvalue weighted by Gasteiger charge is 2.19. The highest BCUT2D eigenvalue weighted by atomic mass is 16.5. The van der Waals surface area contributed by atoms with Gasteiger partial charge in [0.1, 0.15) is 0 Å². The molecule has 1 saturated heterocycles. The molecule has 0 bridgehead atoms. The van der Waals surface area contributed by atoms with Gasteiger partial charge in [0.25, 0.3) is 0 Å². The summed E-state index contributed by atoms with van der Waals surface area (Å²) < 4.78 is 11.8. The van der Waals surface area contributed by atoms with Gasteiger partial charge in [0, 0.05) is 11.1 Å². The molecule has 33 heavy (non-hydrogen) atoms. The van der Waals surface area contributed by atoms with Crippen LogP contribution in [-0.2, 0) is 0 Å². The molecule has 0 aromatic heterocycles. The minimum Gasteiger partial charge on any atom is -0.493 e. The van der Waals surface area contributed by atoms with Crippen molar-refractivity contribution in [1.82, 2.24) is 4.90 Å². The fourth-order valence-electron chi connectivity index (χ4n) is 4.38. The standard InChI is InChI=1S/C27H33N3O3/c1-18-7-5-8-19(2)26(18)29-27(31)28-23-10-6-9-21-15-25(24(32-4)16-22(21)23)33-17-20-11-13-30(3)14-12-20/h5-10,15-16,20H,11-14,17H2,1-4H3,(H2,28,29,31). The maximum Gasteiger partial charge on any atom is 0.323 e. The van der Waals surface area contributed by atoms with Gasteiger partial charge in [-0.1, -0.05) is 30.3 Å². The van der Waals surface area contributed by atoms with E-state index in [0.717, 1.165) is 65.0 Å². The molecule has 1 aliphatic heterocycles. The first-order valence-electron chi connectivity index (χ1n) is 11.5. The number of nitrogens with zero attached hydrogens (tertiary/aromatic N) is 1. The number of hydrogen-bond acceptors (Lipinski definition) is 4. The second kappa shape index (κ2) is 10.1. The Bertz CT molecular complexity index is 1120. The number of carbonyl (C=O) groups excluding carboxylic acids is 1. The van der Waals surface area contributed by atoms with Crippen LogP contribution >= 0.6 is 0 Å². The minimum atomic E-state index is -0.276. The third kappa shape index (κ3) is 5.40. The van der Waals surface area contributed by atoms with E-state index < -0.39 is 0 Å². The van der Waals surface area contributed by atoms with Crippen LogP contribution in [0.1, 0.15) is 24.0 Å². The molecule has 3 aromatic carbocycles. The molecule has 1 heterocycles. The summed E-state index contributed by atoms with van der Waals surface area (Å²) in [6.45, 7) is 6.88. The Kier molecular flexibility index (Phi) is 7.04. The predicted octanol–water partition coefficient (Wildman–Crippen LogP) is 5.83. The van der Waals surface area contributed by atoms with Gasteiger partial charge in [-0.05, 0) is 87.5 Å². The van der Waals surface area contributed by atoms with Gasteiger partial charge < -0.3 is 25.0 Å². The van der Waals surface area contributed by atoms with Gasteiger partial charge in [-0.15, -0.1) is 0 Å². The van der Waals surface area contributed by atoms with E-state index in [4.69, 9.17) is 9.47 Å². The maximum atomic E-state index is 12.8. The number of hydrogen-bond donors (Lipinski definition) is 2. The molecule has 1 aliphatic rings. The molecular weight excluding hydrogens is 414 g/mol. The number of anilines is 2. The van der Waals surface area contributed by atoms with Crippen molar-refractivity contribution in [3.63, 3.8) is 0 Å². The Balaban J connectivity index is 1.52. The van der Waals surface area contributed by atoms with Crippen LogP contribution in [0, 0.1) is 19.8 Å². The number of fused-ring (bicyclic) bond motifs is 1. The number of ether oxygens (including phenoxy) is 2. The average Bonchev–Trinajstić information content (AvgIpc) is 2.81. The number of nitrogens with one attached hydrogen (secondary N) is 2. The SMILES string of the molecule is COc1cc2c(NC(=O)Nc3c(C)cccc3C)cccc2cc1OCC1CCN(C)CC1. The van der Waals surface area contributed by atoms with Crippen LogP contribution in [0.25, 0.3) is 10.8 Å². The number of carbonyl (C=O) groups is 1. The molecule has 174 valence electrons. The summed E-state index contributed by atoms with van der Waals surface area (Å²) in [5.41, 5.74) is 3.60. The number of benzene rings is 3. The number of likely N-dealkylation sites (tertiary alicyclic amines) is 1. The Morgan fingerprint density at radius 1 is 1.00 bits per heavy atom. The smallest absolute Gasteiger partial charge is 0.323 e. The summed E-state index contributed by atoms with van der Waals surface area (Å²) in [5.74, 6) is 1.96. The molecule has 3 aromatic rings. The largest absolute Gasteiger partial charge is 0.493 e. The highest BCUT2D eigenvalue weighted by Crippen LogP contribution is 2.36. The molecule has 6 nitrogen and oxygen atoms in total. The van der Waals surface area contributed by atoms with Crippen molar-refractivity contribution in [2.45, 2.75) is 26.7 Å². The van der Waals surface area contributed by atoms with E-state index >= 15 is 0 Å². The Morgan fingerprint density at radius 3 is 2.39 bits per heavy atom. The molecule has 0 aliphatic carbocycles. The molecule has 0 saturated carbocycles. The van der Waals surface area contributed by atoms with Crippen molar-refractivity contribution in [2.24, 2.45) is 5.92 Å². The van der Waals surface area contributed by atoms with Crippen LogP contribution in [0.5, 0.6) is 11.5 Å². The van der Waals surface area contributed by atoms with E-state index in [2.05, 4.69) is 22.6 Å². The molecular formula is C27H33N3O3. The summed E-state index contributed by atoms with van der Waals surface area (Å²) in [5, 5.41) is 7.86. The monoisotopic (exact) mass is 447 g/mol. The van der Waals surface area contributed by atoms with Crippen molar-refractivity contribution in [1.29, 1.82) is 0 Å². The predicted molar refractivity (Wildman–Crippen MR) is 135 cm³/mol. The second-order valence-electron chi connectivity index (χ2n) is 8.93. The first-order valence-corrected chi connectivity index (χ1v) is 11.5. The van der Waals surface area contributed by atoms with Crippen LogP contribution in [-0.4, -0.2) is 44.8 Å². The summed E-state index contributed by atoms with van der Waals surface area (Å²) in [7, 11) is 3.81. The number of methoxy groups -OCH3 is 1. The lowest BCUT2D eigenvalue weighted by Gasteiger charge is -2.29. The van der Waals surface area contributed by atoms with Gasteiger partial charge in [-0.25, -0.2) is 4.79 Å². The van der Waals surface area contributed by atoms with Crippen LogP contribution in [0.2, 0.25) is 0 Å². The van der Waals surface area contributed by atoms with Gasteiger partial charge in [0.15, 0.2) is 11.5 Å². The molecule has 0 spiro atoms. The van der Waals surface area contributed by atoms with Crippen molar-refractivity contribution >= 4 is 28.2 Å². The lowest BCUT2D eigenvalue weighted by atomic mass is 9.98. The molecule has 0 atom stereocenters. The Morgan fingerprint density at radius 2 is 1.70 bits per heavy atom. The van der Waals surface area contributed by atoms with Crippen molar-refractivity contribution < 1.29 is 14.3 Å². The zero-order valence-corrected chi connectivity index (χ0v) is 19.9. The summed E-state index contributed by atoms with van der Waals surface area (Å²) in [4.78, 5) is 15.1. The molecule has 6 heteroatoms. The summed E-state index contributed by atoms with van der Waals surface area (Å²) >= 11 is 0. The quantitative estimate of drug-likeness (QED) is 0.499. The topological polar surface area (TPSA) is 62.8 Å². The van der Waals surface area contributed by atoms with Crippen LogP contribution < -0.4 is 20.1 Å². The fourth-order valence-corrected chi connectivity index (χ4v) is 4.38. The lowest BCUT2D eigenvalue weighted by molar-refractivity contribution is 0.157. The van der Waals surface area contributed by atoms with Gasteiger partial charge in [-0.2, -0.15) is 0 Å². The van der Waals surface area contributed by atoms with E-state index in [1.54, 1.807) is 7.11 Å². The van der Waals surface area contributed by atoms with E-state index in [1.807, 2.05) is 62.4 Å². The van der Waals surface area contributed by atoms with Crippen molar-refractivity contribution in [2.75, 3.05) is 44.5 Å². The number of amides is 2. The van der Waals surface area contributed by atoms with Gasteiger partial charge in [-0.3, -0.25) is 0 Å². The van der Waals surface area contributed by atoms with Crippen LogP contribution in [0.3, 0.4) is 0 Å². The first-order chi connectivity index (χ1) is 15.9. The number of rotatable bonds is 6. The zero-order valence-electron chi connectivity index (χ0n) is 19.9. The average molecular weight is 448 g/mol. The van der Waals surface area contributed by atoms with Gasteiger partial charge in [0.2, 0.25) is 0 Å². The lowest BCUT2D eigenvalue weighted by Crippen LogP contribution is -2.32. The van der Waals surface area contributed by atoms with E-state index in [1.165, 1.54) is 0 Å². The fraction of sp³-hybridized carbons (Fsp3) is 0.370. The van der Waals surface area contributed by atoms with E-state index in [0.29, 0.717) is 18.3 Å². The summed E-state index contributed by atoms with van der Waals surface area (Å²) in [6.07, 6.45) is 2.30. The molecule has 2 amide bonds. The van der Waals surface area contributed by atoms with E-state index in [9.17, 15) is 4.79 Å². The third-order valence-corrected chi connectivity index (χ3v) is 6.45. The molecule has 0 unspecified atom stereocenters. The first kappa shape index (κ1) is 22.9. The van der Waals surface area contributed by atoms with Gasteiger partial charge >= 0.3 is 6.03 Å². The molecule has 4 rings (SSSR count). The summed E-state index contributed by atoms with van der Waals surface area (Å²) in [6, 6.07) is 15.5. The van der Waals surface area contributed by atoms with Crippen molar-refractivity contribution in [3.05, 3.63) is 59.7 Å². The number of piperidine rings is 1. The van der Waals surface area contributed by atoms with Gasteiger partial charge in [0.05, 0.1) is 19.4 Å².